The molecule has 0 aliphatic carbocycles. The highest BCUT2D eigenvalue weighted by atomic mass is 16.5. The molecular formula is C15H13NO2. The van der Waals surface area contributed by atoms with Gasteiger partial charge in [0.05, 0.1) is 0 Å². The number of benzene rings is 1. The summed E-state index contributed by atoms with van der Waals surface area (Å²) in [4.78, 5) is 16.0. The van der Waals surface area contributed by atoms with Crippen LogP contribution < -0.4 is 0 Å². The molecule has 1 aliphatic rings. The zero-order valence-corrected chi connectivity index (χ0v) is 10.4. The van der Waals surface area contributed by atoms with E-state index in [1.165, 1.54) is 0 Å². The molecule has 2 aromatic rings. The highest BCUT2D eigenvalue weighted by Crippen LogP contribution is 2.34. The number of hydrogen-bond donors (Lipinski definition) is 0. The number of aryl methyl sites for hydroxylation is 1. The zero-order chi connectivity index (χ0) is 12.7. The molecule has 1 aliphatic heterocycles. The lowest BCUT2D eigenvalue weighted by molar-refractivity contribution is 0.0531. The van der Waals surface area contributed by atoms with E-state index in [2.05, 4.69) is 4.98 Å². The highest BCUT2D eigenvalue weighted by Gasteiger charge is 2.28. The smallest absolute Gasteiger partial charge is 0.357 e. The van der Waals surface area contributed by atoms with E-state index >= 15 is 0 Å². The van der Waals surface area contributed by atoms with Crippen molar-refractivity contribution in [3.63, 3.8) is 0 Å². The number of ether oxygens (including phenoxy) is 1. The Hall–Kier alpha value is -2.16. The van der Waals surface area contributed by atoms with Gasteiger partial charge in [-0.1, -0.05) is 30.3 Å². The maximum Gasteiger partial charge on any atom is 0.357 e. The molecule has 0 unspecified atom stereocenters. The van der Waals surface area contributed by atoms with Gasteiger partial charge in [0.1, 0.15) is 6.61 Å². The first kappa shape index (κ1) is 11.0. The second-order valence-corrected chi connectivity index (χ2v) is 4.47. The number of carbonyl (C=O) groups is 1. The highest BCUT2D eigenvalue weighted by molar-refractivity contribution is 5.94. The number of cyclic esters (lactones) is 1. The fourth-order valence-corrected chi connectivity index (χ4v) is 2.36. The van der Waals surface area contributed by atoms with Gasteiger partial charge in [-0.05, 0) is 30.5 Å². The van der Waals surface area contributed by atoms with Crippen LogP contribution in [0.25, 0.3) is 11.1 Å². The lowest BCUT2D eigenvalue weighted by atomic mass is 9.94. The van der Waals surface area contributed by atoms with Crippen molar-refractivity contribution in [1.29, 1.82) is 0 Å². The second kappa shape index (κ2) is 3.95. The molecule has 3 nitrogen and oxygen atoms in total. The third-order valence-corrected chi connectivity index (χ3v) is 3.39. The quantitative estimate of drug-likeness (QED) is 0.718. The van der Waals surface area contributed by atoms with Crippen molar-refractivity contribution in [2.75, 3.05) is 0 Å². The second-order valence-electron chi connectivity index (χ2n) is 4.47. The number of hydrogen-bond acceptors (Lipinski definition) is 3. The molecule has 0 amide bonds. The summed E-state index contributed by atoms with van der Waals surface area (Å²) < 4.78 is 5.09. The van der Waals surface area contributed by atoms with E-state index in [1.54, 1.807) is 0 Å². The Morgan fingerprint density at radius 2 is 1.89 bits per heavy atom. The molecule has 18 heavy (non-hydrogen) atoms. The Balaban J connectivity index is 2.33. The number of esters is 1. The van der Waals surface area contributed by atoms with Crippen LogP contribution in [0.1, 0.15) is 27.3 Å². The van der Waals surface area contributed by atoms with Crippen molar-refractivity contribution in [1.82, 2.24) is 4.98 Å². The Labute approximate surface area is 105 Å². The Morgan fingerprint density at radius 3 is 2.61 bits per heavy atom. The molecule has 0 radical (unpaired) electrons. The predicted octanol–water partition coefficient (Wildman–Crippen LogP) is 3.04. The van der Waals surface area contributed by atoms with Crippen molar-refractivity contribution in [3.8, 4) is 11.1 Å². The molecule has 0 bridgehead atoms. The number of carbonyl (C=O) groups excluding carboxylic acids is 1. The summed E-state index contributed by atoms with van der Waals surface area (Å²) >= 11 is 0. The minimum absolute atomic E-state index is 0.315. The van der Waals surface area contributed by atoms with E-state index in [1.807, 2.05) is 44.2 Å². The van der Waals surface area contributed by atoms with Crippen molar-refractivity contribution in [2.24, 2.45) is 0 Å². The van der Waals surface area contributed by atoms with Gasteiger partial charge in [-0.25, -0.2) is 9.78 Å². The summed E-state index contributed by atoms with van der Waals surface area (Å²) in [6, 6.07) is 10.1. The standard InChI is InChI=1S/C15H13NO2/c1-9-10(2)16-14-12(8-18-15(14)17)13(9)11-6-4-3-5-7-11/h3-7H,8H2,1-2H3. The monoisotopic (exact) mass is 239 g/mol. The summed E-state index contributed by atoms with van der Waals surface area (Å²) in [6.07, 6.45) is 0. The average molecular weight is 239 g/mol. The summed E-state index contributed by atoms with van der Waals surface area (Å²) in [5, 5.41) is 0. The van der Waals surface area contributed by atoms with Crippen molar-refractivity contribution >= 4 is 5.97 Å². The van der Waals surface area contributed by atoms with Crippen LogP contribution in [0.15, 0.2) is 30.3 Å². The van der Waals surface area contributed by atoms with Crippen molar-refractivity contribution < 1.29 is 9.53 Å². The Bertz CT molecular complexity index is 633. The van der Waals surface area contributed by atoms with E-state index in [4.69, 9.17) is 4.74 Å². The topological polar surface area (TPSA) is 39.2 Å². The van der Waals surface area contributed by atoms with Crippen LogP contribution in [0.3, 0.4) is 0 Å². The third kappa shape index (κ3) is 1.51. The van der Waals surface area contributed by atoms with Gasteiger partial charge in [0.25, 0.3) is 0 Å². The van der Waals surface area contributed by atoms with E-state index in [0.717, 1.165) is 27.9 Å². The van der Waals surface area contributed by atoms with Gasteiger partial charge >= 0.3 is 5.97 Å². The van der Waals surface area contributed by atoms with Crippen LogP contribution in [-0.4, -0.2) is 11.0 Å². The summed E-state index contributed by atoms with van der Waals surface area (Å²) in [5.74, 6) is -0.315. The van der Waals surface area contributed by atoms with Crippen LogP contribution >= 0.6 is 0 Å². The molecule has 3 heteroatoms. The molecule has 0 atom stereocenters. The van der Waals surface area contributed by atoms with Crippen LogP contribution in [0.4, 0.5) is 0 Å². The fourth-order valence-electron chi connectivity index (χ4n) is 2.36. The number of rotatable bonds is 1. The van der Waals surface area contributed by atoms with Crippen LogP contribution in [0.5, 0.6) is 0 Å². The number of aromatic nitrogens is 1. The van der Waals surface area contributed by atoms with Crippen molar-refractivity contribution in [3.05, 3.63) is 52.8 Å². The Kier molecular flexibility index (Phi) is 2.40. The first-order valence-corrected chi connectivity index (χ1v) is 5.91. The maximum atomic E-state index is 11.6. The van der Waals surface area contributed by atoms with Gasteiger partial charge in [-0.2, -0.15) is 0 Å². The average Bonchev–Trinajstić information content (AvgIpc) is 2.74. The largest absolute Gasteiger partial charge is 0.456 e. The third-order valence-electron chi connectivity index (χ3n) is 3.39. The molecule has 1 aromatic carbocycles. The molecule has 0 N–H and O–H groups in total. The lowest BCUT2D eigenvalue weighted by Gasteiger charge is -2.12. The molecule has 1 aromatic heterocycles. The fraction of sp³-hybridized carbons (Fsp3) is 0.200. The van der Waals surface area contributed by atoms with E-state index in [-0.39, 0.29) is 5.97 Å². The van der Waals surface area contributed by atoms with E-state index in [9.17, 15) is 4.79 Å². The van der Waals surface area contributed by atoms with Gasteiger partial charge in [0.2, 0.25) is 0 Å². The lowest BCUT2D eigenvalue weighted by Crippen LogP contribution is -2.03. The molecule has 2 heterocycles. The summed E-state index contributed by atoms with van der Waals surface area (Å²) in [6.45, 7) is 4.29. The molecule has 90 valence electrons. The van der Waals surface area contributed by atoms with Crippen LogP contribution in [0.2, 0.25) is 0 Å². The van der Waals surface area contributed by atoms with Crippen molar-refractivity contribution in [2.45, 2.75) is 20.5 Å². The molecule has 0 saturated heterocycles. The number of fused-ring (bicyclic) bond motifs is 1. The van der Waals surface area contributed by atoms with E-state index in [0.29, 0.717) is 12.3 Å². The van der Waals surface area contributed by atoms with Crippen LogP contribution in [0, 0.1) is 13.8 Å². The molecule has 3 rings (SSSR count). The minimum atomic E-state index is -0.315. The maximum absolute atomic E-state index is 11.6. The first-order chi connectivity index (χ1) is 8.68. The first-order valence-electron chi connectivity index (χ1n) is 5.91. The summed E-state index contributed by atoms with van der Waals surface area (Å²) in [7, 11) is 0. The SMILES string of the molecule is Cc1nc2c(c(-c3ccccc3)c1C)COC2=O. The minimum Gasteiger partial charge on any atom is -0.456 e. The molecule has 0 spiro atoms. The van der Waals surface area contributed by atoms with Gasteiger partial charge in [-0.15, -0.1) is 0 Å². The van der Waals surface area contributed by atoms with Gasteiger partial charge in [-0.3, -0.25) is 0 Å². The Morgan fingerprint density at radius 1 is 1.17 bits per heavy atom. The molecule has 0 saturated carbocycles. The van der Waals surface area contributed by atoms with Gasteiger partial charge < -0.3 is 4.74 Å². The van der Waals surface area contributed by atoms with Gasteiger partial charge in [0.15, 0.2) is 5.69 Å². The number of pyridine rings is 1. The van der Waals surface area contributed by atoms with Crippen LogP contribution in [-0.2, 0) is 11.3 Å². The molecule has 0 fully saturated rings. The normalized spacial score (nSPS) is 13.3. The van der Waals surface area contributed by atoms with E-state index < -0.39 is 0 Å². The zero-order valence-electron chi connectivity index (χ0n) is 10.4. The van der Waals surface area contributed by atoms with Gasteiger partial charge in [0, 0.05) is 11.3 Å². The predicted molar refractivity (Wildman–Crippen MR) is 68.3 cm³/mol. The molecular weight excluding hydrogens is 226 g/mol. The summed E-state index contributed by atoms with van der Waals surface area (Å²) in [5.41, 5.74) is 5.56. The number of nitrogens with zero attached hydrogens (tertiary/aromatic N) is 1.